The molecule has 0 aliphatic rings. The van der Waals surface area contributed by atoms with Crippen LogP contribution in [-0.2, 0) is 13.6 Å². The van der Waals surface area contributed by atoms with Gasteiger partial charge in [0.15, 0.2) is 11.6 Å². The average molecular weight is 232 g/mol. The van der Waals surface area contributed by atoms with Gasteiger partial charge in [0, 0.05) is 25.7 Å². The van der Waals surface area contributed by atoms with E-state index in [-0.39, 0.29) is 0 Å². The van der Waals surface area contributed by atoms with Crippen LogP contribution in [0.4, 0.5) is 0 Å². The number of aromatic nitrogens is 4. The van der Waals surface area contributed by atoms with Gasteiger partial charge in [-0.3, -0.25) is 0 Å². The molecule has 2 rings (SSSR count). The third-order valence-electron chi connectivity index (χ3n) is 2.81. The summed E-state index contributed by atoms with van der Waals surface area (Å²) in [7, 11) is 2.04. The van der Waals surface area contributed by atoms with Crippen molar-refractivity contribution < 1.29 is 0 Å². The standard InChI is InChI=1S/C13H20N4/c1-5-8-17-13(11-7-6-9-16(11)4)14-12(15-17)10(2)3/h6-7,9-10H,5,8H2,1-4H3. The Bertz CT molecular complexity index is 493. The van der Waals surface area contributed by atoms with Gasteiger partial charge in [0.2, 0.25) is 0 Å². The molecule has 2 aromatic heterocycles. The zero-order valence-electron chi connectivity index (χ0n) is 11.0. The zero-order chi connectivity index (χ0) is 12.4. The summed E-state index contributed by atoms with van der Waals surface area (Å²) in [5.74, 6) is 2.27. The van der Waals surface area contributed by atoms with Gasteiger partial charge in [-0.1, -0.05) is 20.8 Å². The Morgan fingerprint density at radius 3 is 2.65 bits per heavy atom. The minimum atomic E-state index is 0.368. The molecule has 0 spiro atoms. The second-order valence-electron chi connectivity index (χ2n) is 4.68. The molecule has 0 bridgehead atoms. The molecule has 0 atom stereocenters. The van der Waals surface area contributed by atoms with Crippen molar-refractivity contribution in [2.75, 3.05) is 0 Å². The smallest absolute Gasteiger partial charge is 0.175 e. The normalized spacial score (nSPS) is 11.4. The Labute approximate surface area is 102 Å². The summed E-state index contributed by atoms with van der Waals surface area (Å²) in [6.07, 6.45) is 3.10. The van der Waals surface area contributed by atoms with Gasteiger partial charge in [0.05, 0.1) is 5.69 Å². The Hall–Kier alpha value is -1.58. The first-order chi connectivity index (χ1) is 8.13. The van der Waals surface area contributed by atoms with E-state index in [1.54, 1.807) is 0 Å². The predicted octanol–water partition coefficient (Wildman–Crippen LogP) is 2.82. The number of hydrogen-bond donors (Lipinski definition) is 0. The highest BCUT2D eigenvalue weighted by atomic mass is 15.4. The third-order valence-corrected chi connectivity index (χ3v) is 2.81. The summed E-state index contributed by atoms with van der Waals surface area (Å²) < 4.78 is 4.10. The van der Waals surface area contributed by atoms with E-state index in [1.807, 2.05) is 24.0 Å². The van der Waals surface area contributed by atoms with Gasteiger partial charge in [-0.15, -0.1) is 0 Å². The van der Waals surface area contributed by atoms with Crippen LogP contribution in [0.15, 0.2) is 18.3 Å². The summed E-state index contributed by atoms with van der Waals surface area (Å²) in [5, 5.41) is 4.59. The zero-order valence-corrected chi connectivity index (χ0v) is 11.0. The first-order valence-electron chi connectivity index (χ1n) is 6.20. The minimum absolute atomic E-state index is 0.368. The summed E-state index contributed by atoms with van der Waals surface area (Å²) in [6.45, 7) is 7.33. The molecule has 17 heavy (non-hydrogen) atoms. The summed E-state index contributed by atoms with van der Waals surface area (Å²) in [5.41, 5.74) is 1.12. The number of nitrogens with zero attached hydrogens (tertiary/aromatic N) is 4. The van der Waals surface area contributed by atoms with E-state index in [0.717, 1.165) is 30.3 Å². The lowest BCUT2D eigenvalue weighted by molar-refractivity contribution is 0.591. The summed E-state index contributed by atoms with van der Waals surface area (Å²) >= 11 is 0. The number of hydrogen-bond acceptors (Lipinski definition) is 2. The maximum Gasteiger partial charge on any atom is 0.175 e. The monoisotopic (exact) mass is 232 g/mol. The Kier molecular flexibility index (Phi) is 3.31. The Morgan fingerprint density at radius 1 is 1.35 bits per heavy atom. The SMILES string of the molecule is CCCn1nc(C(C)C)nc1-c1cccn1C. The number of rotatable bonds is 4. The fourth-order valence-corrected chi connectivity index (χ4v) is 1.85. The topological polar surface area (TPSA) is 35.6 Å². The van der Waals surface area contributed by atoms with E-state index in [0.29, 0.717) is 5.92 Å². The van der Waals surface area contributed by atoms with Crippen molar-refractivity contribution >= 4 is 0 Å². The first kappa shape index (κ1) is 11.9. The van der Waals surface area contributed by atoms with Crippen LogP contribution in [-0.4, -0.2) is 19.3 Å². The van der Waals surface area contributed by atoms with E-state index < -0.39 is 0 Å². The van der Waals surface area contributed by atoms with E-state index in [4.69, 9.17) is 0 Å². The van der Waals surface area contributed by atoms with Gasteiger partial charge in [-0.2, -0.15) is 5.10 Å². The maximum absolute atomic E-state index is 4.66. The van der Waals surface area contributed by atoms with Crippen molar-refractivity contribution in [3.63, 3.8) is 0 Å². The molecule has 4 heteroatoms. The van der Waals surface area contributed by atoms with Gasteiger partial charge in [0.1, 0.15) is 0 Å². The largest absolute Gasteiger partial charge is 0.348 e. The van der Waals surface area contributed by atoms with Crippen LogP contribution in [0.25, 0.3) is 11.5 Å². The van der Waals surface area contributed by atoms with Crippen LogP contribution >= 0.6 is 0 Å². The van der Waals surface area contributed by atoms with E-state index in [2.05, 4.69) is 41.5 Å². The van der Waals surface area contributed by atoms with Crippen LogP contribution in [0.1, 0.15) is 38.9 Å². The first-order valence-corrected chi connectivity index (χ1v) is 6.20. The molecule has 0 saturated heterocycles. The van der Waals surface area contributed by atoms with Crippen molar-refractivity contribution in [2.45, 2.75) is 39.7 Å². The molecular formula is C13H20N4. The molecule has 4 nitrogen and oxygen atoms in total. The highest BCUT2D eigenvalue weighted by molar-refractivity contribution is 5.50. The van der Waals surface area contributed by atoms with E-state index in [9.17, 15) is 0 Å². The molecule has 0 aliphatic heterocycles. The lowest BCUT2D eigenvalue weighted by atomic mass is 10.2. The molecule has 0 N–H and O–H groups in total. The molecule has 0 saturated carbocycles. The van der Waals surface area contributed by atoms with Crippen molar-refractivity contribution in [2.24, 2.45) is 7.05 Å². The average Bonchev–Trinajstić information content (AvgIpc) is 2.85. The van der Waals surface area contributed by atoms with Crippen LogP contribution in [0.3, 0.4) is 0 Å². The molecule has 0 aliphatic carbocycles. The molecule has 0 fully saturated rings. The fourth-order valence-electron chi connectivity index (χ4n) is 1.85. The van der Waals surface area contributed by atoms with Crippen LogP contribution < -0.4 is 0 Å². The summed E-state index contributed by atoms with van der Waals surface area (Å²) in [4.78, 5) is 4.66. The predicted molar refractivity (Wildman–Crippen MR) is 68.8 cm³/mol. The van der Waals surface area contributed by atoms with Gasteiger partial charge in [0.25, 0.3) is 0 Å². The number of aryl methyl sites for hydroxylation is 2. The second-order valence-corrected chi connectivity index (χ2v) is 4.68. The molecule has 0 unspecified atom stereocenters. The van der Waals surface area contributed by atoms with Crippen LogP contribution in [0.5, 0.6) is 0 Å². The van der Waals surface area contributed by atoms with Gasteiger partial charge < -0.3 is 4.57 Å². The van der Waals surface area contributed by atoms with E-state index >= 15 is 0 Å². The van der Waals surface area contributed by atoms with Gasteiger partial charge >= 0.3 is 0 Å². The molecule has 2 heterocycles. The Balaban J connectivity index is 2.48. The summed E-state index contributed by atoms with van der Waals surface area (Å²) in [6, 6.07) is 4.12. The second kappa shape index (κ2) is 4.73. The quantitative estimate of drug-likeness (QED) is 0.812. The highest BCUT2D eigenvalue weighted by Gasteiger charge is 2.15. The molecule has 0 radical (unpaired) electrons. The molecule has 0 aromatic carbocycles. The van der Waals surface area contributed by atoms with E-state index in [1.165, 1.54) is 0 Å². The minimum Gasteiger partial charge on any atom is -0.348 e. The maximum atomic E-state index is 4.66. The van der Waals surface area contributed by atoms with Gasteiger partial charge in [-0.05, 0) is 18.6 Å². The van der Waals surface area contributed by atoms with Crippen LogP contribution in [0.2, 0.25) is 0 Å². The van der Waals surface area contributed by atoms with Gasteiger partial charge in [-0.25, -0.2) is 9.67 Å². The molecular weight excluding hydrogens is 212 g/mol. The molecule has 92 valence electrons. The lowest BCUT2D eigenvalue weighted by Gasteiger charge is -2.04. The van der Waals surface area contributed by atoms with Crippen molar-refractivity contribution in [1.82, 2.24) is 19.3 Å². The highest BCUT2D eigenvalue weighted by Crippen LogP contribution is 2.20. The van der Waals surface area contributed by atoms with Crippen LogP contribution in [0, 0.1) is 0 Å². The Morgan fingerprint density at radius 2 is 2.12 bits per heavy atom. The van der Waals surface area contributed by atoms with Crippen molar-refractivity contribution in [3.8, 4) is 11.5 Å². The fraction of sp³-hybridized carbons (Fsp3) is 0.538. The third kappa shape index (κ3) is 2.25. The van der Waals surface area contributed by atoms with Crippen molar-refractivity contribution in [3.05, 3.63) is 24.2 Å². The molecule has 0 amide bonds. The lowest BCUT2D eigenvalue weighted by Crippen LogP contribution is -2.04. The molecule has 2 aromatic rings. The van der Waals surface area contributed by atoms with Crippen molar-refractivity contribution in [1.29, 1.82) is 0 Å².